The van der Waals surface area contributed by atoms with Gasteiger partial charge < -0.3 is 33.4 Å². The van der Waals surface area contributed by atoms with Crippen LogP contribution in [0.1, 0.15) is 16.1 Å². The van der Waals surface area contributed by atoms with Crippen LogP contribution in [0.2, 0.25) is 38.3 Å². The topological polar surface area (TPSA) is 88.4 Å². The van der Waals surface area contributed by atoms with Crippen LogP contribution in [-0.2, 0) is 0 Å². The van der Waals surface area contributed by atoms with Gasteiger partial charge in [-0.15, -0.1) is 0 Å². The van der Waals surface area contributed by atoms with Gasteiger partial charge in [0.1, 0.15) is 22.9 Å². The molecule has 0 bridgehead atoms. The van der Waals surface area contributed by atoms with Gasteiger partial charge in [-0.1, -0.05) is 48.6 Å². The van der Waals surface area contributed by atoms with Crippen LogP contribution >= 0.6 is 0 Å². The minimum atomic E-state index is -1.64. The number of carbonyl (C=O) groups is 1. The van der Waals surface area contributed by atoms with Crippen molar-refractivity contribution in [2.24, 2.45) is 0 Å². The number of fused-ring (bicyclic) bond motifs is 1. The van der Waals surface area contributed by atoms with Crippen molar-refractivity contribution in [1.29, 1.82) is 0 Å². The normalized spacial score (nSPS) is 15.3. The second-order valence-corrected chi connectivity index (χ2v) is 20.4. The molecule has 1 amide bonds. The highest BCUT2D eigenvalue weighted by Gasteiger charge is 2.42. The van der Waals surface area contributed by atoms with Gasteiger partial charge in [0.05, 0.1) is 44.6 Å². The molecule has 0 unspecified atom stereocenters. The van der Waals surface area contributed by atoms with Crippen LogP contribution in [-0.4, -0.2) is 50.5 Å². The Bertz CT molecular complexity index is 1340. The molecule has 10 heteroatoms. The SMILES string of the molecule is COc1cc(OC)c(NC(=O)c2ccc(Oc3c(OC)cc4c(c3C)[Si](C)(C)CC[Si]4(C)C)o2)c(OC)c1. The van der Waals surface area contributed by atoms with E-state index in [9.17, 15) is 4.79 Å². The minimum absolute atomic E-state index is 0.0812. The lowest BCUT2D eigenvalue weighted by Crippen LogP contribution is -2.64. The monoisotopic (exact) mass is 555 g/mol. The summed E-state index contributed by atoms with van der Waals surface area (Å²) in [6, 6.07) is 11.3. The van der Waals surface area contributed by atoms with Gasteiger partial charge >= 0.3 is 0 Å². The first-order valence-electron chi connectivity index (χ1n) is 12.6. The lowest BCUT2D eigenvalue weighted by Gasteiger charge is -2.41. The Morgan fingerprint density at radius 1 is 0.842 bits per heavy atom. The van der Waals surface area contributed by atoms with Crippen molar-refractivity contribution in [3.05, 3.63) is 41.7 Å². The molecular weight excluding hydrogens is 518 g/mol. The third kappa shape index (κ3) is 5.02. The van der Waals surface area contributed by atoms with Crippen molar-refractivity contribution in [1.82, 2.24) is 0 Å². The van der Waals surface area contributed by atoms with Gasteiger partial charge in [0, 0.05) is 18.2 Å². The Kier molecular flexibility index (Phi) is 7.58. The highest BCUT2D eigenvalue weighted by molar-refractivity contribution is 7.03. The van der Waals surface area contributed by atoms with E-state index >= 15 is 0 Å². The molecule has 0 radical (unpaired) electrons. The predicted octanol–water partition coefficient (Wildman–Crippen LogP) is 5.51. The standard InChI is InChI=1S/C28H37NO7Si2/c1-17-26(22(34-5)16-23-27(17)38(8,9)13-12-37(23,6)7)36-24-11-10-19(35-24)28(30)29-25-20(32-3)14-18(31-2)15-21(25)33-4/h10-11,14-16H,12-13H2,1-9H3,(H,29,30). The van der Waals surface area contributed by atoms with Crippen molar-refractivity contribution < 1.29 is 32.9 Å². The van der Waals surface area contributed by atoms with Crippen molar-refractivity contribution >= 4 is 38.1 Å². The first-order valence-corrected chi connectivity index (χ1v) is 19.0. The summed E-state index contributed by atoms with van der Waals surface area (Å²) in [4.78, 5) is 13.1. The number of benzene rings is 2. The van der Waals surface area contributed by atoms with Crippen LogP contribution in [0.4, 0.5) is 5.69 Å². The maximum Gasteiger partial charge on any atom is 0.291 e. The molecule has 2 heterocycles. The molecule has 0 saturated carbocycles. The molecule has 3 aromatic rings. The lowest BCUT2D eigenvalue weighted by atomic mass is 10.2. The maximum atomic E-state index is 13.1. The zero-order valence-corrected chi connectivity index (χ0v) is 25.7. The van der Waals surface area contributed by atoms with Crippen molar-refractivity contribution in [2.75, 3.05) is 33.8 Å². The number of carbonyl (C=O) groups excluding carboxylic acids is 1. The van der Waals surface area contributed by atoms with Gasteiger partial charge in [0.25, 0.3) is 11.9 Å². The molecule has 1 aliphatic heterocycles. The fourth-order valence-corrected chi connectivity index (χ4v) is 16.1. The average Bonchev–Trinajstić information content (AvgIpc) is 3.36. The molecular formula is C28H37NO7Si2. The number of ether oxygens (including phenoxy) is 5. The third-order valence-corrected chi connectivity index (χ3v) is 15.0. The van der Waals surface area contributed by atoms with E-state index in [4.69, 9.17) is 28.1 Å². The van der Waals surface area contributed by atoms with Crippen LogP contribution < -0.4 is 39.4 Å². The second kappa shape index (κ2) is 10.4. The fourth-order valence-electron chi connectivity index (χ4n) is 5.24. The zero-order chi connectivity index (χ0) is 27.8. The van der Waals surface area contributed by atoms with Crippen LogP contribution in [0, 0.1) is 6.92 Å². The molecule has 1 aliphatic rings. The summed E-state index contributed by atoms with van der Waals surface area (Å²) in [6.07, 6.45) is 0. The summed E-state index contributed by atoms with van der Waals surface area (Å²) < 4.78 is 34.0. The van der Waals surface area contributed by atoms with Crippen molar-refractivity contribution in [3.8, 4) is 34.7 Å². The van der Waals surface area contributed by atoms with E-state index in [2.05, 4.69) is 44.5 Å². The highest BCUT2D eigenvalue weighted by Crippen LogP contribution is 2.40. The molecule has 0 atom stereocenters. The van der Waals surface area contributed by atoms with E-state index in [-0.39, 0.29) is 11.7 Å². The van der Waals surface area contributed by atoms with Crippen molar-refractivity contribution in [3.63, 3.8) is 0 Å². The number of rotatable bonds is 8. The number of anilines is 1. The molecule has 0 saturated heterocycles. The first kappa shape index (κ1) is 27.7. The van der Waals surface area contributed by atoms with Gasteiger partial charge in [0.15, 0.2) is 17.3 Å². The second-order valence-electron chi connectivity index (χ2n) is 10.8. The smallest absolute Gasteiger partial charge is 0.291 e. The Hall–Kier alpha value is -3.38. The molecule has 0 spiro atoms. The summed E-state index contributed by atoms with van der Waals surface area (Å²) in [5.41, 5.74) is 1.47. The summed E-state index contributed by atoms with van der Waals surface area (Å²) in [5.74, 6) is 2.46. The molecule has 2 aromatic carbocycles. The Morgan fingerprint density at radius 2 is 1.45 bits per heavy atom. The van der Waals surface area contributed by atoms with Crippen LogP contribution in [0.5, 0.6) is 34.7 Å². The first-order chi connectivity index (χ1) is 17.9. The summed E-state index contributed by atoms with van der Waals surface area (Å²) in [6.45, 7) is 11.8. The van der Waals surface area contributed by atoms with Crippen molar-refractivity contribution in [2.45, 2.75) is 45.2 Å². The molecule has 0 fully saturated rings. The van der Waals surface area contributed by atoms with Crippen LogP contribution in [0.15, 0.2) is 34.7 Å². The summed E-state index contributed by atoms with van der Waals surface area (Å²) >= 11 is 0. The van der Waals surface area contributed by atoms with Gasteiger partial charge in [-0.2, -0.15) is 0 Å². The van der Waals surface area contributed by atoms with E-state index in [0.717, 1.165) is 5.56 Å². The van der Waals surface area contributed by atoms with Gasteiger partial charge in [-0.05, 0) is 24.6 Å². The van der Waals surface area contributed by atoms with E-state index in [1.807, 2.05) is 0 Å². The molecule has 4 rings (SSSR count). The van der Waals surface area contributed by atoms with Gasteiger partial charge in [-0.25, -0.2) is 0 Å². The average molecular weight is 556 g/mol. The number of nitrogens with one attached hydrogen (secondary N) is 1. The lowest BCUT2D eigenvalue weighted by molar-refractivity contribution is 0.0991. The maximum absolute atomic E-state index is 13.1. The molecule has 204 valence electrons. The number of furan rings is 1. The van der Waals surface area contributed by atoms with Crippen LogP contribution in [0.3, 0.4) is 0 Å². The molecule has 8 nitrogen and oxygen atoms in total. The number of amides is 1. The van der Waals surface area contributed by atoms with E-state index in [0.29, 0.717) is 34.4 Å². The summed E-state index contributed by atoms with van der Waals surface area (Å²) in [7, 11) is 3.00. The quantitative estimate of drug-likeness (QED) is 0.367. The Balaban J connectivity index is 1.65. The molecule has 1 N–H and O–H groups in total. The molecule has 0 aliphatic carbocycles. The number of hydrogen-bond acceptors (Lipinski definition) is 7. The summed E-state index contributed by atoms with van der Waals surface area (Å²) in [5, 5.41) is 5.76. The van der Waals surface area contributed by atoms with E-state index < -0.39 is 22.1 Å². The van der Waals surface area contributed by atoms with Gasteiger partial charge in [-0.3, -0.25) is 4.79 Å². The minimum Gasteiger partial charge on any atom is -0.496 e. The highest BCUT2D eigenvalue weighted by atomic mass is 28.3. The van der Waals surface area contributed by atoms with Crippen LogP contribution in [0.25, 0.3) is 0 Å². The fraction of sp³-hybridized carbons (Fsp3) is 0.393. The predicted molar refractivity (Wildman–Crippen MR) is 154 cm³/mol. The van der Waals surface area contributed by atoms with E-state index in [1.54, 1.807) is 38.5 Å². The largest absolute Gasteiger partial charge is 0.496 e. The Morgan fingerprint density at radius 3 is 2.03 bits per heavy atom. The van der Waals surface area contributed by atoms with E-state index in [1.165, 1.54) is 36.7 Å². The number of hydrogen-bond donors (Lipinski definition) is 1. The zero-order valence-electron chi connectivity index (χ0n) is 23.7. The number of methoxy groups -OCH3 is 4. The molecule has 38 heavy (non-hydrogen) atoms. The third-order valence-electron chi connectivity index (χ3n) is 7.45. The molecule has 1 aromatic heterocycles. The van der Waals surface area contributed by atoms with Gasteiger partial charge in [0.2, 0.25) is 0 Å². The Labute approximate surface area is 226 Å².